The number of hydrogen-bond donors (Lipinski definition) is 0. The lowest BCUT2D eigenvalue weighted by molar-refractivity contribution is 0.285. The van der Waals surface area contributed by atoms with E-state index >= 15 is 4.39 Å². The zero-order valence-electron chi connectivity index (χ0n) is 30.5. The molecular formula is C41H64F2OSi2. The van der Waals surface area contributed by atoms with Gasteiger partial charge < -0.3 is 4.74 Å². The van der Waals surface area contributed by atoms with Gasteiger partial charge in [0, 0.05) is 21.7 Å². The molecule has 0 aliphatic rings. The van der Waals surface area contributed by atoms with Crippen LogP contribution in [0.1, 0.15) is 97.0 Å². The molecule has 0 heterocycles. The van der Waals surface area contributed by atoms with Gasteiger partial charge in [0.2, 0.25) is 5.82 Å². The summed E-state index contributed by atoms with van der Waals surface area (Å²) >= 11 is 0. The summed E-state index contributed by atoms with van der Waals surface area (Å²) in [4.78, 5) is 0. The average Bonchev–Trinajstić information content (AvgIpc) is 3.02. The third-order valence-electron chi connectivity index (χ3n) is 8.61. The Morgan fingerprint density at radius 2 is 1.09 bits per heavy atom. The summed E-state index contributed by atoms with van der Waals surface area (Å²) in [5.74, 6) is -1.75. The quantitative estimate of drug-likeness (QED) is 0.0861. The fourth-order valence-electron chi connectivity index (χ4n) is 6.62. The van der Waals surface area contributed by atoms with Crippen LogP contribution in [-0.2, 0) is 6.42 Å². The zero-order chi connectivity index (χ0) is 34.0. The van der Waals surface area contributed by atoms with E-state index in [2.05, 4.69) is 63.9 Å². The summed E-state index contributed by atoms with van der Waals surface area (Å²) in [6.45, 7) is 19.3. The van der Waals surface area contributed by atoms with E-state index < -0.39 is 27.8 Å². The van der Waals surface area contributed by atoms with Crippen molar-refractivity contribution in [2.24, 2.45) is 0 Å². The van der Waals surface area contributed by atoms with E-state index in [0.717, 1.165) is 30.4 Å². The van der Waals surface area contributed by atoms with Crippen molar-refractivity contribution in [1.29, 1.82) is 0 Å². The highest BCUT2D eigenvalue weighted by Gasteiger charge is 2.27. The predicted octanol–water partition coefficient (Wildman–Crippen LogP) is 14.1. The van der Waals surface area contributed by atoms with Gasteiger partial charge in [-0.05, 0) is 53.6 Å². The second kappa shape index (κ2) is 20.9. The lowest BCUT2D eigenvalue weighted by Crippen LogP contribution is -2.37. The third kappa shape index (κ3) is 14.7. The van der Waals surface area contributed by atoms with E-state index in [9.17, 15) is 4.39 Å². The molecule has 3 aromatic carbocycles. The molecule has 0 fully saturated rings. The highest BCUT2D eigenvalue weighted by Crippen LogP contribution is 2.32. The maximum atomic E-state index is 15.1. The predicted molar refractivity (Wildman–Crippen MR) is 205 cm³/mol. The van der Waals surface area contributed by atoms with E-state index in [4.69, 9.17) is 4.74 Å². The van der Waals surface area contributed by atoms with Gasteiger partial charge in [-0.15, -0.1) is 0 Å². The van der Waals surface area contributed by atoms with Crippen molar-refractivity contribution in [2.45, 2.75) is 142 Å². The molecule has 0 aromatic heterocycles. The molecule has 0 bridgehead atoms. The van der Waals surface area contributed by atoms with E-state index in [1.807, 2.05) is 38.1 Å². The number of benzene rings is 3. The fraction of sp³-hybridized carbons (Fsp3) is 0.561. The first-order valence-corrected chi connectivity index (χ1v) is 25.4. The van der Waals surface area contributed by atoms with Crippen molar-refractivity contribution >= 4 is 16.1 Å². The van der Waals surface area contributed by atoms with Crippen LogP contribution >= 0.6 is 0 Å². The molecule has 0 aliphatic carbocycles. The Bertz CT molecular complexity index is 1250. The van der Waals surface area contributed by atoms with Crippen molar-refractivity contribution in [3.8, 4) is 28.0 Å². The average molecular weight is 667 g/mol. The van der Waals surface area contributed by atoms with Crippen LogP contribution in [0, 0.1) is 11.6 Å². The summed E-state index contributed by atoms with van der Waals surface area (Å²) in [5.41, 5.74) is 6.01. The van der Waals surface area contributed by atoms with Crippen molar-refractivity contribution in [1.82, 2.24) is 0 Å². The molecule has 0 unspecified atom stereocenters. The van der Waals surface area contributed by atoms with Gasteiger partial charge in [0.25, 0.3) is 0 Å². The molecule has 0 spiro atoms. The molecule has 0 N–H and O–H groups in total. The molecule has 0 saturated carbocycles. The van der Waals surface area contributed by atoms with Crippen LogP contribution in [0.25, 0.3) is 22.3 Å². The molecular weight excluding hydrogens is 603 g/mol. The van der Waals surface area contributed by atoms with Gasteiger partial charge in [-0.2, -0.15) is 4.39 Å². The third-order valence-corrected chi connectivity index (χ3v) is 18.4. The van der Waals surface area contributed by atoms with Crippen molar-refractivity contribution < 1.29 is 13.5 Å². The molecule has 0 aliphatic heterocycles. The number of unbranched alkanes of at least 4 members (excludes halogenated alkanes) is 9. The van der Waals surface area contributed by atoms with Crippen molar-refractivity contribution in [3.63, 3.8) is 0 Å². The summed E-state index contributed by atoms with van der Waals surface area (Å²) in [6.07, 6.45) is 14.6. The van der Waals surface area contributed by atoms with Crippen LogP contribution < -0.4 is 4.74 Å². The van der Waals surface area contributed by atoms with Gasteiger partial charge in [-0.25, -0.2) is 4.39 Å². The summed E-state index contributed by atoms with van der Waals surface area (Å²) in [6, 6.07) is 21.0. The Kier molecular flexibility index (Phi) is 18.1. The van der Waals surface area contributed by atoms with Crippen LogP contribution in [0.5, 0.6) is 5.75 Å². The number of hydrogen-bond acceptors (Lipinski definition) is 1. The Hall–Kier alpha value is -2.25. The molecule has 0 amide bonds. The first-order chi connectivity index (χ1) is 22.0. The SMILES string of the molecule is CC.CCCCCCCc1ccc(-c2ccc(-c3ccc(OCCCCCCCC[Si](C)(C)C[Si](C)(C)C)c(F)c3F)cc2)cc1. The molecule has 1 nitrogen and oxygen atoms in total. The zero-order valence-corrected chi connectivity index (χ0v) is 32.5. The minimum Gasteiger partial charge on any atom is -0.490 e. The highest BCUT2D eigenvalue weighted by atomic mass is 28.4. The van der Waals surface area contributed by atoms with Crippen LogP contribution in [0.15, 0.2) is 60.7 Å². The highest BCUT2D eigenvalue weighted by molar-refractivity contribution is 6.94. The van der Waals surface area contributed by atoms with Gasteiger partial charge in [0.1, 0.15) is 0 Å². The molecule has 256 valence electrons. The second-order valence-corrected chi connectivity index (χ2v) is 26.2. The number of aryl methyl sites for hydroxylation is 1. The number of halogens is 2. The smallest absolute Gasteiger partial charge is 0.201 e. The molecule has 3 rings (SSSR count). The van der Waals surface area contributed by atoms with Gasteiger partial charge in [0.15, 0.2) is 11.6 Å². The van der Waals surface area contributed by atoms with Crippen LogP contribution in [0.2, 0.25) is 44.4 Å². The van der Waals surface area contributed by atoms with Gasteiger partial charge >= 0.3 is 0 Å². The van der Waals surface area contributed by atoms with Gasteiger partial charge in [-0.3, -0.25) is 0 Å². The Labute approximate surface area is 283 Å². The lowest BCUT2D eigenvalue weighted by atomic mass is 9.98. The van der Waals surface area contributed by atoms with E-state index in [1.54, 1.807) is 12.1 Å². The van der Waals surface area contributed by atoms with E-state index in [-0.39, 0.29) is 11.3 Å². The standard InChI is InChI=1S/C39H58F2OSi2.C2H6/c1-7-8-9-12-15-18-32-19-21-33(22-20-32)34-23-25-35(26-24-34)36-27-28-37(39(41)38(36)40)42-29-16-13-10-11-14-17-30-44(5,6)31-43(2,3)4;1-2/h19-28H,7-18,29-31H2,1-6H3;1-2H3. The minimum atomic E-state index is -1.04. The lowest BCUT2D eigenvalue weighted by Gasteiger charge is -2.29. The Morgan fingerprint density at radius 1 is 0.565 bits per heavy atom. The second-order valence-electron chi connectivity index (χ2n) is 14.8. The normalized spacial score (nSPS) is 11.7. The summed E-state index contributed by atoms with van der Waals surface area (Å²) in [5, 5.41) is 0. The fourth-order valence-corrected chi connectivity index (χ4v) is 20.0. The Balaban J connectivity index is 0.00000361. The molecule has 3 aromatic rings. The maximum absolute atomic E-state index is 15.1. The first-order valence-electron chi connectivity index (χ1n) is 18.3. The van der Waals surface area contributed by atoms with Gasteiger partial charge in [-0.1, -0.05) is 172 Å². The summed E-state index contributed by atoms with van der Waals surface area (Å²) < 4.78 is 35.6. The van der Waals surface area contributed by atoms with Crippen LogP contribution in [0.4, 0.5) is 8.78 Å². The molecule has 0 radical (unpaired) electrons. The topological polar surface area (TPSA) is 9.23 Å². The molecule has 0 saturated heterocycles. The molecule has 46 heavy (non-hydrogen) atoms. The molecule has 5 heteroatoms. The van der Waals surface area contributed by atoms with Crippen LogP contribution in [-0.4, -0.2) is 22.8 Å². The largest absolute Gasteiger partial charge is 0.490 e. The Morgan fingerprint density at radius 3 is 1.70 bits per heavy atom. The van der Waals surface area contributed by atoms with Crippen molar-refractivity contribution in [2.75, 3.05) is 6.61 Å². The van der Waals surface area contributed by atoms with E-state index in [1.165, 1.54) is 75.1 Å². The van der Waals surface area contributed by atoms with Crippen molar-refractivity contribution in [3.05, 3.63) is 77.9 Å². The summed E-state index contributed by atoms with van der Waals surface area (Å²) in [7, 11) is -2.01. The van der Waals surface area contributed by atoms with Gasteiger partial charge in [0.05, 0.1) is 6.61 Å². The monoisotopic (exact) mass is 666 g/mol. The van der Waals surface area contributed by atoms with Crippen LogP contribution in [0.3, 0.4) is 0 Å². The first kappa shape index (κ1) is 39.9. The maximum Gasteiger partial charge on any atom is 0.201 e. The number of rotatable bonds is 20. The number of ether oxygens (including phenoxy) is 1. The minimum absolute atomic E-state index is 0.00270. The van der Waals surface area contributed by atoms with E-state index in [0.29, 0.717) is 12.2 Å². The molecule has 0 atom stereocenters.